The largest absolute Gasteiger partial charge is 0.368 e. The molecule has 6 heteroatoms. The van der Waals surface area contributed by atoms with Gasteiger partial charge >= 0.3 is 0 Å². The molecule has 0 spiro atoms. The van der Waals surface area contributed by atoms with Crippen LogP contribution in [0, 0.1) is 25.2 Å². The van der Waals surface area contributed by atoms with Crippen LogP contribution in [0.15, 0.2) is 24.3 Å². The lowest BCUT2D eigenvalue weighted by molar-refractivity contribution is 0.645. The highest BCUT2D eigenvalue weighted by molar-refractivity contribution is 6.32. The molecule has 5 nitrogen and oxygen atoms in total. The van der Waals surface area contributed by atoms with Crippen molar-refractivity contribution in [2.45, 2.75) is 13.8 Å². The Hall–Kier alpha value is -2.32. The van der Waals surface area contributed by atoms with Crippen LogP contribution in [0.1, 0.15) is 17.1 Å². The Balaban J connectivity index is 1.71. The highest BCUT2D eigenvalue weighted by atomic mass is 35.5. The number of aryl methyl sites for hydroxylation is 2. The predicted molar refractivity (Wildman–Crippen MR) is 92.1 cm³/mol. The van der Waals surface area contributed by atoms with Gasteiger partial charge in [-0.2, -0.15) is 5.26 Å². The first-order chi connectivity index (χ1) is 11.1. The molecule has 1 aromatic carbocycles. The van der Waals surface area contributed by atoms with E-state index in [0.29, 0.717) is 10.6 Å². The normalized spacial score (nSPS) is 14.7. The van der Waals surface area contributed by atoms with Gasteiger partial charge in [-0.05, 0) is 32.0 Å². The van der Waals surface area contributed by atoms with Crippen LogP contribution in [0.25, 0.3) is 0 Å². The standard InChI is InChI=1S/C17H18ClN5/c1-12-9-17(21-13(2)20-12)23-7-5-22(6-8-23)15-4-3-14(11-19)16(18)10-15/h3-4,9-10H,5-8H2,1-2H3. The second kappa shape index (κ2) is 6.43. The first kappa shape index (κ1) is 15.6. The number of halogens is 1. The van der Waals surface area contributed by atoms with Gasteiger partial charge in [0, 0.05) is 43.6 Å². The van der Waals surface area contributed by atoms with Crippen LogP contribution in [0.4, 0.5) is 11.5 Å². The van der Waals surface area contributed by atoms with Crippen molar-refractivity contribution in [3.8, 4) is 6.07 Å². The van der Waals surface area contributed by atoms with Gasteiger partial charge < -0.3 is 9.80 Å². The zero-order chi connectivity index (χ0) is 16.4. The fourth-order valence-corrected chi connectivity index (χ4v) is 3.06. The van der Waals surface area contributed by atoms with Gasteiger partial charge in [-0.25, -0.2) is 9.97 Å². The minimum Gasteiger partial charge on any atom is -0.368 e. The third-order valence-electron chi connectivity index (χ3n) is 3.99. The van der Waals surface area contributed by atoms with Gasteiger partial charge in [0.15, 0.2) is 0 Å². The number of nitrogens with zero attached hydrogens (tertiary/aromatic N) is 5. The summed E-state index contributed by atoms with van der Waals surface area (Å²) in [5.41, 5.74) is 2.57. The molecule has 1 fully saturated rings. The van der Waals surface area contributed by atoms with Crippen LogP contribution in [-0.2, 0) is 0 Å². The maximum Gasteiger partial charge on any atom is 0.132 e. The van der Waals surface area contributed by atoms with Crippen LogP contribution in [0.2, 0.25) is 5.02 Å². The number of nitriles is 1. The SMILES string of the molecule is Cc1cc(N2CCN(c3ccc(C#N)c(Cl)c3)CC2)nc(C)n1. The Morgan fingerprint density at radius 3 is 2.35 bits per heavy atom. The minimum absolute atomic E-state index is 0.509. The first-order valence-corrected chi connectivity index (χ1v) is 7.96. The third-order valence-corrected chi connectivity index (χ3v) is 4.31. The average molecular weight is 328 g/mol. The van der Waals surface area contributed by atoms with Crippen molar-refractivity contribution in [3.05, 3.63) is 46.4 Å². The van der Waals surface area contributed by atoms with E-state index >= 15 is 0 Å². The van der Waals surface area contributed by atoms with E-state index in [1.807, 2.05) is 32.0 Å². The van der Waals surface area contributed by atoms with E-state index < -0.39 is 0 Å². The summed E-state index contributed by atoms with van der Waals surface area (Å²) in [5, 5.41) is 9.47. The molecule has 2 aromatic rings. The predicted octanol–water partition coefficient (Wildman–Crippen LogP) is 2.95. The summed E-state index contributed by atoms with van der Waals surface area (Å²) in [6, 6.07) is 9.73. The van der Waals surface area contributed by atoms with Crippen LogP contribution < -0.4 is 9.80 Å². The van der Waals surface area contributed by atoms with Gasteiger partial charge in [0.05, 0.1) is 10.6 Å². The van der Waals surface area contributed by atoms with E-state index in [1.165, 1.54) is 0 Å². The second-order valence-electron chi connectivity index (χ2n) is 5.66. The Morgan fingerprint density at radius 1 is 1.04 bits per heavy atom. The zero-order valence-electron chi connectivity index (χ0n) is 13.3. The second-order valence-corrected chi connectivity index (χ2v) is 6.07. The molecular formula is C17H18ClN5. The number of hydrogen-bond donors (Lipinski definition) is 0. The number of aromatic nitrogens is 2. The van der Waals surface area contributed by atoms with Crippen molar-refractivity contribution in [2.24, 2.45) is 0 Å². The third kappa shape index (κ3) is 3.38. The molecule has 2 heterocycles. The van der Waals surface area contributed by atoms with E-state index in [4.69, 9.17) is 16.9 Å². The van der Waals surface area contributed by atoms with Gasteiger partial charge in [0.25, 0.3) is 0 Å². The number of rotatable bonds is 2. The Kier molecular flexibility index (Phi) is 4.35. The number of piperazine rings is 1. The van der Waals surface area contributed by atoms with E-state index in [0.717, 1.165) is 49.2 Å². The quantitative estimate of drug-likeness (QED) is 0.848. The fraction of sp³-hybridized carbons (Fsp3) is 0.353. The first-order valence-electron chi connectivity index (χ1n) is 7.58. The van der Waals surface area contributed by atoms with Crippen molar-refractivity contribution in [1.29, 1.82) is 5.26 Å². The van der Waals surface area contributed by atoms with Gasteiger partial charge in [-0.3, -0.25) is 0 Å². The highest BCUT2D eigenvalue weighted by Gasteiger charge is 2.19. The maximum absolute atomic E-state index is 8.96. The van der Waals surface area contributed by atoms with Gasteiger partial charge in [0.2, 0.25) is 0 Å². The summed E-state index contributed by atoms with van der Waals surface area (Å²) < 4.78 is 0. The van der Waals surface area contributed by atoms with Gasteiger partial charge in [-0.1, -0.05) is 11.6 Å². The molecule has 1 aliphatic rings. The van der Waals surface area contributed by atoms with E-state index in [9.17, 15) is 0 Å². The number of benzene rings is 1. The molecule has 0 atom stereocenters. The minimum atomic E-state index is 0.509. The molecule has 1 saturated heterocycles. The van der Waals surface area contributed by atoms with Crippen LogP contribution >= 0.6 is 11.6 Å². The zero-order valence-corrected chi connectivity index (χ0v) is 14.0. The molecular weight excluding hydrogens is 310 g/mol. The summed E-state index contributed by atoms with van der Waals surface area (Å²) in [4.78, 5) is 13.4. The monoisotopic (exact) mass is 327 g/mol. The van der Waals surface area contributed by atoms with Crippen molar-refractivity contribution < 1.29 is 0 Å². The summed E-state index contributed by atoms with van der Waals surface area (Å²) in [7, 11) is 0. The Bertz CT molecular complexity index is 740. The molecule has 0 saturated carbocycles. The van der Waals surface area contributed by atoms with Crippen molar-refractivity contribution >= 4 is 23.1 Å². The van der Waals surface area contributed by atoms with Crippen molar-refractivity contribution in [2.75, 3.05) is 36.0 Å². The van der Waals surface area contributed by atoms with Crippen LogP contribution in [0.5, 0.6) is 0 Å². The summed E-state index contributed by atoms with van der Waals surface area (Å²) in [5.74, 6) is 1.80. The number of anilines is 2. The van der Waals surface area contributed by atoms with E-state index in [2.05, 4.69) is 25.8 Å². The van der Waals surface area contributed by atoms with E-state index in [-0.39, 0.29) is 0 Å². The molecule has 0 amide bonds. The lowest BCUT2D eigenvalue weighted by atomic mass is 10.2. The Labute approximate surface area is 141 Å². The van der Waals surface area contributed by atoms with Crippen LogP contribution in [0.3, 0.4) is 0 Å². The van der Waals surface area contributed by atoms with Crippen molar-refractivity contribution in [1.82, 2.24) is 9.97 Å². The number of hydrogen-bond acceptors (Lipinski definition) is 5. The van der Waals surface area contributed by atoms with Crippen LogP contribution in [-0.4, -0.2) is 36.1 Å². The lowest BCUT2D eigenvalue weighted by Crippen LogP contribution is -2.47. The topological polar surface area (TPSA) is 56.0 Å². The molecule has 23 heavy (non-hydrogen) atoms. The molecule has 0 N–H and O–H groups in total. The van der Waals surface area contributed by atoms with Crippen molar-refractivity contribution in [3.63, 3.8) is 0 Å². The molecule has 3 rings (SSSR count). The molecule has 118 valence electrons. The maximum atomic E-state index is 8.96. The highest BCUT2D eigenvalue weighted by Crippen LogP contribution is 2.25. The van der Waals surface area contributed by atoms with E-state index in [1.54, 1.807) is 6.07 Å². The summed E-state index contributed by atoms with van der Waals surface area (Å²) >= 11 is 6.13. The smallest absolute Gasteiger partial charge is 0.132 e. The average Bonchev–Trinajstić information content (AvgIpc) is 2.54. The molecule has 1 aromatic heterocycles. The molecule has 0 bridgehead atoms. The summed E-state index contributed by atoms with van der Waals surface area (Å²) in [6.07, 6.45) is 0. The molecule has 0 aliphatic carbocycles. The van der Waals surface area contributed by atoms with Gasteiger partial charge in [0.1, 0.15) is 17.7 Å². The van der Waals surface area contributed by atoms with Gasteiger partial charge in [-0.15, -0.1) is 0 Å². The molecule has 1 aliphatic heterocycles. The summed E-state index contributed by atoms with van der Waals surface area (Å²) in [6.45, 7) is 7.49. The molecule has 0 radical (unpaired) electrons. The Morgan fingerprint density at radius 2 is 1.74 bits per heavy atom. The fourth-order valence-electron chi connectivity index (χ4n) is 2.84. The molecule has 0 unspecified atom stereocenters. The lowest BCUT2D eigenvalue weighted by Gasteiger charge is -2.37.